The monoisotopic (exact) mass is 247 g/mol. The molecule has 4 atom stereocenters. The van der Waals surface area contributed by atoms with Gasteiger partial charge in [-0.25, -0.2) is 8.42 Å². The molecule has 1 aliphatic carbocycles. The van der Waals surface area contributed by atoms with E-state index in [1.807, 2.05) is 6.92 Å². The Labute approximate surface area is 97.5 Å². The minimum absolute atomic E-state index is 0.0456. The standard InChI is InChI=1S/C11H21NO3S/c1-8-10(12)4-5-11(8)16(13,14)7-9-3-2-6-15-9/h8-11H,2-7,12H2,1H3. The van der Waals surface area contributed by atoms with Crippen LogP contribution in [0.15, 0.2) is 0 Å². The molecule has 0 aromatic rings. The van der Waals surface area contributed by atoms with E-state index >= 15 is 0 Å². The Kier molecular flexibility index (Phi) is 3.56. The normalized spacial score (nSPS) is 40.4. The number of rotatable bonds is 3. The van der Waals surface area contributed by atoms with Crippen molar-refractivity contribution in [3.05, 3.63) is 0 Å². The molecule has 2 rings (SSSR count). The van der Waals surface area contributed by atoms with Crippen LogP contribution in [-0.2, 0) is 14.6 Å². The average Bonchev–Trinajstić information content (AvgIpc) is 2.78. The second kappa shape index (κ2) is 4.63. The van der Waals surface area contributed by atoms with E-state index < -0.39 is 9.84 Å². The molecule has 0 aromatic carbocycles. The van der Waals surface area contributed by atoms with E-state index in [0.717, 1.165) is 25.7 Å². The Balaban J connectivity index is 2.01. The summed E-state index contributed by atoms with van der Waals surface area (Å²) in [6.07, 6.45) is 3.34. The van der Waals surface area contributed by atoms with Crippen molar-refractivity contribution in [2.24, 2.45) is 11.7 Å². The zero-order valence-electron chi connectivity index (χ0n) is 9.76. The topological polar surface area (TPSA) is 69.4 Å². The van der Waals surface area contributed by atoms with Crippen molar-refractivity contribution < 1.29 is 13.2 Å². The lowest BCUT2D eigenvalue weighted by atomic mass is 10.1. The highest BCUT2D eigenvalue weighted by molar-refractivity contribution is 7.92. The fourth-order valence-corrected chi connectivity index (χ4v) is 5.20. The molecule has 4 unspecified atom stereocenters. The van der Waals surface area contributed by atoms with Crippen LogP contribution in [0, 0.1) is 5.92 Å². The quantitative estimate of drug-likeness (QED) is 0.797. The van der Waals surface area contributed by atoms with Gasteiger partial charge in [0.15, 0.2) is 9.84 Å². The van der Waals surface area contributed by atoms with Crippen molar-refractivity contribution in [3.63, 3.8) is 0 Å². The molecule has 0 bridgehead atoms. The highest BCUT2D eigenvalue weighted by atomic mass is 32.2. The largest absolute Gasteiger partial charge is 0.377 e. The lowest BCUT2D eigenvalue weighted by molar-refractivity contribution is 0.127. The zero-order valence-corrected chi connectivity index (χ0v) is 10.6. The van der Waals surface area contributed by atoms with Crippen LogP contribution >= 0.6 is 0 Å². The van der Waals surface area contributed by atoms with Crippen LogP contribution in [0.5, 0.6) is 0 Å². The van der Waals surface area contributed by atoms with Crippen LogP contribution < -0.4 is 5.73 Å². The molecule has 2 fully saturated rings. The van der Waals surface area contributed by atoms with Crippen LogP contribution in [0.2, 0.25) is 0 Å². The number of hydrogen-bond donors (Lipinski definition) is 1. The third-order valence-electron chi connectivity index (χ3n) is 3.95. The molecule has 0 radical (unpaired) electrons. The lowest BCUT2D eigenvalue weighted by Crippen LogP contribution is -2.35. The summed E-state index contributed by atoms with van der Waals surface area (Å²) >= 11 is 0. The minimum atomic E-state index is -3.03. The minimum Gasteiger partial charge on any atom is -0.377 e. The maximum absolute atomic E-state index is 12.2. The molecule has 0 amide bonds. The highest BCUT2D eigenvalue weighted by Crippen LogP contribution is 2.31. The van der Waals surface area contributed by atoms with E-state index in [2.05, 4.69) is 0 Å². The van der Waals surface area contributed by atoms with Crippen molar-refractivity contribution in [2.75, 3.05) is 12.4 Å². The van der Waals surface area contributed by atoms with Crippen molar-refractivity contribution in [2.45, 2.75) is 50.0 Å². The summed E-state index contributed by atoms with van der Waals surface area (Å²) < 4.78 is 29.8. The number of ether oxygens (including phenoxy) is 1. The summed E-state index contributed by atoms with van der Waals surface area (Å²) in [5, 5.41) is -0.244. The van der Waals surface area contributed by atoms with Gasteiger partial charge < -0.3 is 10.5 Å². The van der Waals surface area contributed by atoms with E-state index in [9.17, 15) is 8.42 Å². The van der Waals surface area contributed by atoms with Crippen LogP contribution in [-0.4, -0.2) is 38.2 Å². The first-order chi connectivity index (χ1) is 7.50. The SMILES string of the molecule is CC1C(N)CCC1S(=O)(=O)CC1CCCO1. The fraction of sp³-hybridized carbons (Fsp3) is 1.00. The number of hydrogen-bond acceptors (Lipinski definition) is 4. The van der Waals surface area contributed by atoms with Crippen molar-refractivity contribution in [1.29, 1.82) is 0 Å². The van der Waals surface area contributed by atoms with Gasteiger partial charge in [0.1, 0.15) is 0 Å². The van der Waals surface area contributed by atoms with Gasteiger partial charge in [-0.1, -0.05) is 6.92 Å². The summed E-state index contributed by atoms with van der Waals surface area (Å²) in [5.41, 5.74) is 5.88. The molecule has 2 N–H and O–H groups in total. The molecule has 1 aliphatic heterocycles. The van der Waals surface area contributed by atoms with E-state index in [0.29, 0.717) is 6.61 Å². The first-order valence-corrected chi connectivity index (χ1v) is 7.81. The fourth-order valence-electron chi connectivity index (χ4n) is 2.82. The van der Waals surface area contributed by atoms with Crippen molar-refractivity contribution in [1.82, 2.24) is 0 Å². The molecule has 0 spiro atoms. The molecule has 1 saturated heterocycles. The number of sulfone groups is 1. The van der Waals surface area contributed by atoms with Crippen LogP contribution in [0.25, 0.3) is 0 Å². The van der Waals surface area contributed by atoms with Gasteiger partial charge in [0.05, 0.1) is 17.1 Å². The predicted molar refractivity (Wildman–Crippen MR) is 62.9 cm³/mol. The Morgan fingerprint density at radius 1 is 1.31 bits per heavy atom. The third-order valence-corrected chi connectivity index (χ3v) is 6.37. The zero-order chi connectivity index (χ0) is 11.8. The van der Waals surface area contributed by atoms with Gasteiger partial charge in [0.25, 0.3) is 0 Å². The predicted octanol–water partition coefficient (Wildman–Crippen LogP) is 0.706. The smallest absolute Gasteiger partial charge is 0.156 e. The van der Waals surface area contributed by atoms with Crippen molar-refractivity contribution in [3.8, 4) is 0 Å². The third kappa shape index (κ3) is 2.41. The summed E-state index contributed by atoms with van der Waals surface area (Å²) in [5.74, 6) is 0.278. The summed E-state index contributed by atoms with van der Waals surface area (Å²) in [6, 6.07) is 0.0456. The number of nitrogens with two attached hydrogens (primary N) is 1. The molecule has 1 saturated carbocycles. The van der Waals surface area contributed by atoms with Crippen LogP contribution in [0.4, 0.5) is 0 Å². The van der Waals surface area contributed by atoms with Gasteiger partial charge in [0.2, 0.25) is 0 Å². The maximum Gasteiger partial charge on any atom is 0.156 e. The van der Waals surface area contributed by atoms with E-state index in [-0.39, 0.29) is 29.1 Å². The average molecular weight is 247 g/mol. The van der Waals surface area contributed by atoms with E-state index in [4.69, 9.17) is 10.5 Å². The van der Waals surface area contributed by atoms with Crippen LogP contribution in [0.3, 0.4) is 0 Å². The molecular formula is C11H21NO3S. The van der Waals surface area contributed by atoms with Gasteiger partial charge in [-0.05, 0) is 31.6 Å². The van der Waals surface area contributed by atoms with Gasteiger partial charge in [-0.3, -0.25) is 0 Å². The second-order valence-electron chi connectivity index (χ2n) is 5.10. The molecular weight excluding hydrogens is 226 g/mol. The molecule has 5 heteroatoms. The summed E-state index contributed by atoms with van der Waals surface area (Å²) in [6.45, 7) is 2.66. The molecule has 94 valence electrons. The second-order valence-corrected chi connectivity index (χ2v) is 7.37. The van der Waals surface area contributed by atoms with E-state index in [1.165, 1.54) is 0 Å². The lowest BCUT2D eigenvalue weighted by Gasteiger charge is -2.20. The first kappa shape index (κ1) is 12.3. The Bertz CT molecular complexity index is 335. The molecule has 2 aliphatic rings. The molecule has 0 aromatic heterocycles. The Morgan fingerprint density at radius 2 is 2.06 bits per heavy atom. The Hall–Kier alpha value is -0.130. The van der Waals surface area contributed by atoms with Gasteiger partial charge in [-0.15, -0.1) is 0 Å². The van der Waals surface area contributed by atoms with E-state index in [1.54, 1.807) is 0 Å². The summed E-state index contributed by atoms with van der Waals surface area (Å²) in [4.78, 5) is 0. The molecule has 1 heterocycles. The summed E-state index contributed by atoms with van der Waals surface area (Å²) in [7, 11) is -3.03. The van der Waals surface area contributed by atoms with Gasteiger partial charge >= 0.3 is 0 Å². The van der Waals surface area contributed by atoms with Crippen molar-refractivity contribution >= 4 is 9.84 Å². The molecule has 16 heavy (non-hydrogen) atoms. The maximum atomic E-state index is 12.2. The first-order valence-electron chi connectivity index (χ1n) is 6.09. The highest BCUT2D eigenvalue weighted by Gasteiger charge is 2.40. The van der Waals surface area contributed by atoms with Gasteiger partial charge in [-0.2, -0.15) is 0 Å². The Morgan fingerprint density at radius 3 is 2.56 bits per heavy atom. The van der Waals surface area contributed by atoms with Gasteiger partial charge in [0, 0.05) is 12.6 Å². The molecule has 4 nitrogen and oxygen atoms in total. The van der Waals surface area contributed by atoms with Crippen LogP contribution in [0.1, 0.15) is 32.6 Å².